The van der Waals surface area contributed by atoms with Crippen molar-refractivity contribution in [3.63, 3.8) is 0 Å². The van der Waals surface area contributed by atoms with Gasteiger partial charge in [-0.2, -0.15) is 0 Å². The molecule has 3 aromatic rings. The van der Waals surface area contributed by atoms with Crippen molar-refractivity contribution in [3.05, 3.63) is 60.2 Å². The summed E-state index contributed by atoms with van der Waals surface area (Å²) < 4.78 is 28.9. The van der Waals surface area contributed by atoms with Crippen molar-refractivity contribution < 1.29 is 17.6 Å². The van der Waals surface area contributed by atoms with Crippen LogP contribution in [-0.2, 0) is 27.6 Å². The molecule has 3 heterocycles. The van der Waals surface area contributed by atoms with Crippen molar-refractivity contribution in [1.29, 1.82) is 0 Å². The summed E-state index contributed by atoms with van der Waals surface area (Å²) in [5.74, 6) is 0.729. The molecule has 1 unspecified atom stereocenters. The molecular weight excluding hydrogens is 378 g/mol. The zero-order valence-corrected chi connectivity index (χ0v) is 16.2. The van der Waals surface area contributed by atoms with Crippen LogP contribution in [0, 0.1) is 0 Å². The molecule has 4 rings (SSSR count). The van der Waals surface area contributed by atoms with E-state index < -0.39 is 15.9 Å². The number of furan rings is 1. The molecule has 28 heavy (non-hydrogen) atoms. The summed E-state index contributed by atoms with van der Waals surface area (Å²) in [6.45, 7) is 1.04. The van der Waals surface area contributed by atoms with E-state index >= 15 is 0 Å². The van der Waals surface area contributed by atoms with Crippen LogP contribution in [-0.4, -0.2) is 54.8 Å². The van der Waals surface area contributed by atoms with Gasteiger partial charge in [0.25, 0.3) is 0 Å². The molecule has 148 valence electrons. The van der Waals surface area contributed by atoms with Crippen molar-refractivity contribution in [2.45, 2.75) is 19.0 Å². The number of carbonyl (C=O) groups excluding carboxylic acids is 1. The number of nitrogens with zero attached hydrogens (tertiary/aromatic N) is 1. The van der Waals surface area contributed by atoms with Gasteiger partial charge in [0.2, 0.25) is 5.91 Å². The lowest BCUT2D eigenvalue weighted by atomic mass is 10.0. The second kappa shape index (κ2) is 7.81. The summed E-state index contributed by atoms with van der Waals surface area (Å²) >= 11 is 0. The average molecular weight is 401 g/mol. The molecular formula is C20H23N3O4S. The fourth-order valence-electron chi connectivity index (χ4n) is 3.64. The molecule has 1 aliphatic rings. The Morgan fingerprint density at radius 2 is 1.96 bits per heavy atom. The number of sulfone groups is 1. The zero-order chi connectivity index (χ0) is 19.6. The lowest BCUT2D eigenvalue weighted by Gasteiger charge is -2.33. The van der Waals surface area contributed by atoms with Crippen LogP contribution in [0.1, 0.15) is 11.3 Å². The summed E-state index contributed by atoms with van der Waals surface area (Å²) in [5.41, 5.74) is 2.07. The molecule has 2 N–H and O–H groups in total. The molecule has 1 amide bonds. The number of carbonyl (C=O) groups is 1. The summed E-state index contributed by atoms with van der Waals surface area (Å²) in [5, 5.41) is 4.01. The van der Waals surface area contributed by atoms with Gasteiger partial charge in [0.05, 0.1) is 30.4 Å². The lowest BCUT2D eigenvalue weighted by molar-refractivity contribution is -0.126. The summed E-state index contributed by atoms with van der Waals surface area (Å²) in [7, 11) is -3.01. The van der Waals surface area contributed by atoms with Crippen molar-refractivity contribution in [2.75, 3.05) is 24.6 Å². The van der Waals surface area contributed by atoms with Crippen LogP contribution in [0.25, 0.3) is 10.9 Å². The number of aromatic nitrogens is 1. The highest BCUT2D eigenvalue weighted by Crippen LogP contribution is 2.21. The molecule has 0 saturated carbocycles. The Hall–Kier alpha value is -2.58. The van der Waals surface area contributed by atoms with Gasteiger partial charge < -0.3 is 14.7 Å². The Kier molecular flexibility index (Phi) is 5.23. The number of H-pyrrole nitrogens is 1. The second-order valence-corrected chi connectivity index (χ2v) is 9.37. The summed E-state index contributed by atoms with van der Waals surface area (Å²) in [6, 6.07) is 11.1. The third kappa shape index (κ3) is 4.13. The maximum atomic E-state index is 13.0. The van der Waals surface area contributed by atoms with Crippen LogP contribution in [0.5, 0.6) is 0 Å². The first-order valence-corrected chi connectivity index (χ1v) is 11.1. The van der Waals surface area contributed by atoms with E-state index in [0.29, 0.717) is 31.8 Å². The Labute approximate surface area is 163 Å². The molecule has 7 nitrogen and oxygen atoms in total. The minimum atomic E-state index is -3.01. The number of rotatable bonds is 6. The van der Waals surface area contributed by atoms with Gasteiger partial charge >= 0.3 is 0 Å². The van der Waals surface area contributed by atoms with Crippen LogP contribution in [0.2, 0.25) is 0 Å². The average Bonchev–Trinajstić information content (AvgIpc) is 3.35. The first-order valence-electron chi connectivity index (χ1n) is 9.31. The van der Waals surface area contributed by atoms with Crippen LogP contribution >= 0.6 is 0 Å². The van der Waals surface area contributed by atoms with E-state index in [1.165, 1.54) is 0 Å². The van der Waals surface area contributed by atoms with Gasteiger partial charge in [0.1, 0.15) is 5.76 Å². The van der Waals surface area contributed by atoms with E-state index in [-0.39, 0.29) is 17.4 Å². The number of hydrogen-bond acceptors (Lipinski definition) is 5. The van der Waals surface area contributed by atoms with Crippen molar-refractivity contribution in [3.8, 4) is 0 Å². The third-order valence-electron chi connectivity index (χ3n) is 5.23. The monoisotopic (exact) mass is 401 g/mol. The highest BCUT2D eigenvalue weighted by atomic mass is 32.2. The second-order valence-electron chi connectivity index (χ2n) is 7.06. The number of hydrogen-bond donors (Lipinski definition) is 2. The predicted octanol–water partition coefficient (Wildman–Crippen LogP) is 1.72. The SMILES string of the molecule is O=C(NCc1ccco1)C(Cc1c[nH]c2ccccc12)N1CCS(=O)(=O)CC1. The molecule has 1 saturated heterocycles. The maximum Gasteiger partial charge on any atom is 0.238 e. The van der Waals surface area contributed by atoms with Gasteiger partial charge in [-0.15, -0.1) is 0 Å². The summed E-state index contributed by atoms with van der Waals surface area (Å²) in [6.07, 6.45) is 4.01. The van der Waals surface area contributed by atoms with E-state index in [1.807, 2.05) is 41.4 Å². The fraction of sp³-hybridized carbons (Fsp3) is 0.350. The lowest BCUT2D eigenvalue weighted by Crippen LogP contribution is -2.53. The molecule has 1 aromatic carbocycles. The largest absolute Gasteiger partial charge is 0.467 e. The van der Waals surface area contributed by atoms with Crippen LogP contribution in [0.4, 0.5) is 0 Å². The third-order valence-corrected chi connectivity index (χ3v) is 6.84. The van der Waals surface area contributed by atoms with Gasteiger partial charge in [-0.05, 0) is 30.2 Å². The highest BCUT2D eigenvalue weighted by molar-refractivity contribution is 7.91. The van der Waals surface area contributed by atoms with E-state index in [4.69, 9.17) is 4.42 Å². The molecule has 0 radical (unpaired) electrons. The molecule has 8 heteroatoms. The van der Waals surface area contributed by atoms with Crippen LogP contribution in [0.3, 0.4) is 0 Å². The minimum Gasteiger partial charge on any atom is -0.467 e. The maximum absolute atomic E-state index is 13.0. The topological polar surface area (TPSA) is 95.4 Å². The van der Waals surface area contributed by atoms with Crippen LogP contribution in [0.15, 0.2) is 53.3 Å². The van der Waals surface area contributed by atoms with Gasteiger partial charge in [-0.3, -0.25) is 9.69 Å². The number of benzene rings is 1. The van der Waals surface area contributed by atoms with E-state index in [2.05, 4.69) is 10.3 Å². The Morgan fingerprint density at radius 1 is 1.18 bits per heavy atom. The van der Waals surface area contributed by atoms with E-state index in [9.17, 15) is 13.2 Å². The van der Waals surface area contributed by atoms with Crippen molar-refractivity contribution in [1.82, 2.24) is 15.2 Å². The molecule has 1 fully saturated rings. The molecule has 2 aromatic heterocycles. The number of para-hydroxylation sites is 1. The first-order chi connectivity index (χ1) is 13.5. The fourth-order valence-corrected chi connectivity index (χ4v) is 4.87. The number of nitrogens with one attached hydrogen (secondary N) is 2. The summed E-state index contributed by atoms with van der Waals surface area (Å²) in [4.78, 5) is 18.2. The quantitative estimate of drug-likeness (QED) is 0.656. The van der Waals surface area contributed by atoms with E-state index in [1.54, 1.807) is 12.3 Å². The van der Waals surface area contributed by atoms with Gasteiger partial charge in [-0.1, -0.05) is 18.2 Å². The highest BCUT2D eigenvalue weighted by Gasteiger charge is 2.32. The smallest absolute Gasteiger partial charge is 0.238 e. The van der Waals surface area contributed by atoms with Gasteiger partial charge in [0.15, 0.2) is 9.84 Å². The van der Waals surface area contributed by atoms with E-state index in [0.717, 1.165) is 16.5 Å². The first kappa shape index (κ1) is 18.8. The normalized spacial score (nSPS) is 18.1. The molecule has 0 bridgehead atoms. The number of fused-ring (bicyclic) bond motifs is 1. The van der Waals surface area contributed by atoms with Gasteiger partial charge in [-0.25, -0.2) is 8.42 Å². The minimum absolute atomic E-state index is 0.0862. The van der Waals surface area contributed by atoms with Crippen LogP contribution < -0.4 is 5.32 Å². The number of amides is 1. The standard InChI is InChI=1S/C20H23N3O4S/c24-20(22-14-16-4-3-9-27-16)19(23-7-10-28(25,26)11-8-23)12-15-13-21-18-6-2-1-5-17(15)18/h1-6,9,13,19,21H,7-8,10-12,14H2,(H,22,24). The van der Waals surface area contributed by atoms with Crippen molar-refractivity contribution >= 4 is 26.6 Å². The molecule has 0 spiro atoms. The molecule has 1 atom stereocenters. The Balaban J connectivity index is 1.54. The zero-order valence-electron chi connectivity index (χ0n) is 15.4. The number of aromatic amines is 1. The van der Waals surface area contributed by atoms with Crippen molar-refractivity contribution in [2.24, 2.45) is 0 Å². The predicted molar refractivity (Wildman–Crippen MR) is 107 cm³/mol. The van der Waals surface area contributed by atoms with Gasteiger partial charge in [0, 0.05) is 30.2 Å². The molecule has 1 aliphatic heterocycles. The Morgan fingerprint density at radius 3 is 2.71 bits per heavy atom. The molecule has 0 aliphatic carbocycles. The Bertz CT molecular complexity index is 1040.